The first kappa shape index (κ1) is 17.4. The molecule has 3 N–H and O–H groups in total. The van der Waals surface area contributed by atoms with Crippen LogP contribution < -0.4 is 16.2 Å². The largest absolute Gasteiger partial charge is 0.352 e. The first-order valence-electron chi connectivity index (χ1n) is 10.1. The molecule has 0 bridgehead atoms. The van der Waals surface area contributed by atoms with Crippen LogP contribution in [0, 0.1) is 5.92 Å². The van der Waals surface area contributed by atoms with Crippen LogP contribution in [-0.4, -0.2) is 36.3 Å². The number of amides is 1. The Balaban J connectivity index is 1.23. The third kappa shape index (κ3) is 3.41. The lowest BCUT2D eigenvalue weighted by atomic mass is 9.90. The number of rotatable bonds is 4. The highest BCUT2D eigenvalue weighted by Crippen LogP contribution is 2.33. The van der Waals surface area contributed by atoms with Crippen molar-refractivity contribution in [1.82, 2.24) is 21.1 Å². The molecule has 0 radical (unpaired) electrons. The fraction of sp³-hybridized carbons (Fsp3) is 0.364. The van der Waals surface area contributed by atoms with E-state index < -0.39 is 0 Å². The predicted octanol–water partition coefficient (Wildman–Crippen LogP) is 2.52. The van der Waals surface area contributed by atoms with Crippen LogP contribution in [0.25, 0.3) is 0 Å². The lowest BCUT2D eigenvalue weighted by molar-refractivity contribution is 0.0904. The monoisotopic (exact) mass is 375 g/mol. The van der Waals surface area contributed by atoms with Crippen LogP contribution in [-0.2, 0) is 6.42 Å². The van der Waals surface area contributed by atoms with E-state index in [1.807, 2.05) is 18.2 Å². The minimum atomic E-state index is -0.119. The first-order valence-corrected chi connectivity index (χ1v) is 10.1. The summed E-state index contributed by atoms with van der Waals surface area (Å²) in [5.74, 6) is 1.62. The number of amidine groups is 1. The van der Waals surface area contributed by atoms with Gasteiger partial charge in [0.1, 0.15) is 12.0 Å². The Labute approximate surface area is 165 Å². The highest BCUT2D eigenvalue weighted by Gasteiger charge is 2.31. The van der Waals surface area contributed by atoms with Crippen LogP contribution in [0.5, 0.6) is 0 Å². The number of carbonyl (C=O) groups excluding carboxylic acids is 1. The Hall–Kier alpha value is -2.70. The molecule has 0 saturated carbocycles. The van der Waals surface area contributed by atoms with E-state index in [0.717, 1.165) is 42.6 Å². The first-order chi connectivity index (χ1) is 13.8. The van der Waals surface area contributed by atoms with Crippen LogP contribution >= 0.6 is 0 Å². The molecule has 6 heteroatoms. The molecular formula is C22H25N5O. The van der Waals surface area contributed by atoms with Gasteiger partial charge in [-0.2, -0.15) is 0 Å². The van der Waals surface area contributed by atoms with Crippen LogP contribution in [0.4, 0.5) is 5.69 Å². The summed E-state index contributed by atoms with van der Waals surface area (Å²) in [6.07, 6.45) is 3.50. The number of hydrazine groups is 1. The molecule has 0 aromatic heterocycles. The smallest absolute Gasteiger partial charge is 0.265 e. The second kappa shape index (κ2) is 7.37. The maximum absolute atomic E-state index is 12.0. The molecule has 1 amide bonds. The van der Waals surface area contributed by atoms with Gasteiger partial charge in [0, 0.05) is 11.1 Å². The van der Waals surface area contributed by atoms with Gasteiger partial charge in [0.15, 0.2) is 0 Å². The van der Waals surface area contributed by atoms with Gasteiger partial charge in [-0.05, 0) is 56.0 Å². The molecule has 1 fully saturated rings. The standard InChI is InChI=1S/C22H25N5O/c28-22-17-7-4-8-18-20(17)21(25-26-22)24-19(23-18)14-27-11-9-16(10-12-27)13-15-5-2-1-3-6-15/h1-8,16,21,25H,9-14H2,(H,23,24)(H,26,28). The van der Waals surface area contributed by atoms with Gasteiger partial charge >= 0.3 is 0 Å². The van der Waals surface area contributed by atoms with Crippen molar-refractivity contribution in [2.75, 3.05) is 19.6 Å². The molecule has 3 heterocycles. The van der Waals surface area contributed by atoms with Crippen molar-refractivity contribution in [1.29, 1.82) is 0 Å². The zero-order valence-corrected chi connectivity index (χ0v) is 15.8. The molecule has 1 saturated heterocycles. The molecule has 1 unspecified atom stereocenters. The van der Waals surface area contributed by atoms with Crippen LogP contribution in [0.2, 0.25) is 0 Å². The summed E-state index contributed by atoms with van der Waals surface area (Å²) in [5, 5.41) is 3.45. The summed E-state index contributed by atoms with van der Waals surface area (Å²) in [5.41, 5.74) is 9.75. The maximum Gasteiger partial charge on any atom is 0.265 e. The molecule has 5 rings (SSSR count). The lowest BCUT2D eigenvalue weighted by Crippen LogP contribution is -2.54. The second-order valence-electron chi connectivity index (χ2n) is 7.88. The Morgan fingerprint density at radius 1 is 1.04 bits per heavy atom. The minimum Gasteiger partial charge on any atom is -0.352 e. The Morgan fingerprint density at radius 2 is 1.86 bits per heavy atom. The lowest BCUT2D eigenvalue weighted by Gasteiger charge is -2.36. The van der Waals surface area contributed by atoms with Crippen molar-refractivity contribution in [2.45, 2.75) is 25.4 Å². The van der Waals surface area contributed by atoms with E-state index in [1.54, 1.807) is 0 Å². The van der Waals surface area contributed by atoms with Crippen molar-refractivity contribution in [3.05, 3.63) is 65.2 Å². The van der Waals surface area contributed by atoms with Crippen molar-refractivity contribution < 1.29 is 4.79 Å². The summed E-state index contributed by atoms with van der Waals surface area (Å²) in [7, 11) is 0. The van der Waals surface area contributed by atoms with Gasteiger partial charge in [-0.3, -0.25) is 15.1 Å². The maximum atomic E-state index is 12.0. The molecule has 3 aliphatic heterocycles. The van der Waals surface area contributed by atoms with Gasteiger partial charge < -0.3 is 5.32 Å². The molecule has 2 aromatic carbocycles. The fourth-order valence-corrected chi connectivity index (χ4v) is 4.47. The van der Waals surface area contributed by atoms with Crippen molar-refractivity contribution in [3.63, 3.8) is 0 Å². The number of carbonyl (C=O) groups is 1. The number of nitrogens with zero attached hydrogens (tertiary/aromatic N) is 2. The summed E-state index contributed by atoms with van der Waals surface area (Å²) < 4.78 is 0. The molecule has 6 nitrogen and oxygen atoms in total. The highest BCUT2D eigenvalue weighted by molar-refractivity contribution is 6.00. The number of aliphatic imine (C=N–C) groups is 1. The van der Waals surface area contributed by atoms with E-state index in [1.165, 1.54) is 24.8 Å². The Bertz CT molecular complexity index is 902. The Kier molecular flexibility index (Phi) is 4.58. The SMILES string of the molecule is O=C1NNC2NC(CN3CCC(Cc4ccccc4)CC3)=Nc3cccc1c32. The van der Waals surface area contributed by atoms with E-state index in [2.05, 4.69) is 51.4 Å². The van der Waals surface area contributed by atoms with Crippen LogP contribution in [0.15, 0.2) is 53.5 Å². The van der Waals surface area contributed by atoms with Crippen LogP contribution in [0.1, 0.15) is 40.5 Å². The zero-order valence-electron chi connectivity index (χ0n) is 15.8. The van der Waals surface area contributed by atoms with Gasteiger partial charge in [0.25, 0.3) is 5.91 Å². The van der Waals surface area contributed by atoms with Gasteiger partial charge in [0.05, 0.1) is 12.2 Å². The third-order valence-corrected chi connectivity index (χ3v) is 5.96. The highest BCUT2D eigenvalue weighted by atomic mass is 16.2. The zero-order chi connectivity index (χ0) is 18.9. The molecule has 144 valence electrons. The van der Waals surface area contributed by atoms with Crippen LogP contribution in [0.3, 0.4) is 0 Å². The summed E-state index contributed by atoms with van der Waals surface area (Å²) in [6.45, 7) is 3.01. The van der Waals surface area contributed by atoms with E-state index >= 15 is 0 Å². The average molecular weight is 375 g/mol. The van der Waals surface area contributed by atoms with Crippen molar-refractivity contribution in [2.24, 2.45) is 10.9 Å². The molecule has 28 heavy (non-hydrogen) atoms. The fourth-order valence-electron chi connectivity index (χ4n) is 4.47. The number of hydrogen-bond acceptors (Lipinski definition) is 5. The minimum absolute atomic E-state index is 0.103. The molecule has 0 spiro atoms. The summed E-state index contributed by atoms with van der Waals surface area (Å²) in [6, 6.07) is 16.5. The van der Waals surface area contributed by atoms with Crippen molar-refractivity contribution in [3.8, 4) is 0 Å². The van der Waals surface area contributed by atoms with Gasteiger partial charge in [-0.25, -0.2) is 10.4 Å². The topological polar surface area (TPSA) is 68.8 Å². The van der Waals surface area contributed by atoms with E-state index in [-0.39, 0.29) is 12.1 Å². The van der Waals surface area contributed by atoms with E-state index in [4.69, 9.17) is 4.99 Å². The van der Waals surface area contributed by atoms with Crippen molar-refractivity contribution >= 4 is 17.4 Å². The molecular weight excluding hydrogens is 350 g/mol. The number of benzene rings is 2. The van der Waals surface area contributed by atoms with E-state index in [9.17, 15) is 4.79 Å². The number of hydrogen-bond donors (Lipinski definition) is 3. The van der Waals surface area contributed by atoms with E-state index in [0.29, 0.717) is 5.56 Å². The third-order valence-electron chi connectivity index (χ3n) is 5.96. The number of likely N-dealkylation sites (tertiary alicyclic amines) is 1. The van der Waals surface area contributed by atoms with Gasteiger partial charge in [0.2, 0.25) is 0 Å². The normalized spacial score (nSPS) is 22.1. The molecule has 2 aromatic rings. The Morgan fingerprint density at radius 3 is 2.68 bits per heavy atom. The quantitative estimate of drug-likeness (QED) is 0.768. The average Bonchev–Trinajstić information content (AvgIpc) is 2.73. The second-order valence-corrected chi connectivity index (χ2v) is 7.88. The molecule has 3 aliphatic rings. The molecule has 0 aliphatic carbocycles. The summed E-state index contributed by atoms with van der Waals surface area (Å²) >= 11 is 0. The van der Waals surface area contributed by atoms with Gasteiger partial charge in [-0.15, -0.1) is 0 Å². The predicted molar refractivity (Wildman–Crippen MR) is 109 cm³/mol. The van der Waals surface area contributed by atoms with Gasteiger partial charge in [-0.1, -0.05) is 36.4 Å². The molecule has 1 atom stereocenters. The summed E-state index contributed by atoms with van der Waals surface area (Å²) in [4.78, 5) is 19.3. The number of piperidine rings is 1. The number of nitrogens with one attached hydrogen (secondary N) is 3.